The van der Waals surface area contributed by atoms with Crippen LogP contribution in [0.3, 0.4) is 0 Å². The molecule has 0 aliphatic rings. The van der Waals surface area contributed by atoms with Crippen molar-refractivity contribution in [3.63, 3.8) is 0 Å². The van der Waals surface area contributed by atoms with Crippen LogP contribution in [0.5, 0.6) is 0 Å². The number of nitriles is 1. The molecular formula is C21H17N3. The zero-order valence-electron chi connectivity index (χ0n) is 13.4. The predicted octanol–water partition coefficient (Wildman–Crippen LogP) is 4.73. The molecular weight excluding hydrogens is 294 g/mol. The molecule has 0 bridgehead atoms. The van der Waals surface area contributed by atoms with Crippen molar-refractivity contribution < 1.29 is 0 Å². The van der Waals surface area contributed by atoms with Crippen molar-refractivity contribution in [1.82, 2.24) is 0 Å². The molecule has 3 nitrogen and oxygen atoms in total. The number of anilines is 1. The fourth-order valence-electron chi connectivity index (χ4n) is 2.45. The molecule has 116 valence electrons. The number of hydrogen-bond acceptors (Lipinski definition) is 3. The first-order valence-corrected chi connectivity index (χ1v) is 7.73. The molecule has 1 N–H and O–H groups in total. The standard InChI is InChI=1S/C21H17N3/c1-16-12-13-19(15-22)20(14-16)23-24-21(17-8-4-2-5-9-17)18-10-6-3-7-11-18/h2-14,23H,1H3. The molecule has 0 aromatic heterocycles. The minimum absolute atomic E-state index is 0.574. The van der Waals surface area contributed by atoms with Gasteiger partial charge in [0, 0.05) is 11.1 Å². The van der Waals surface area contributed by atoms with Crippen LogP contribution in [0.4, 0.5) is 5.69 Å². The van der Waals surface area contributed by atoms with Crippen LogP contribution in [0.25, 0.3) is 0 Å². The van der Waals surface area contributed by atoms with E-state index in [0.717, 1.165) is 22.4 Å². The number of aryl methyl sites for hydroxylation is 1. The third-order valence-electron chi connectivity index (χ3n) is 3.68. The Morgan fingerprint density at radius 1 is 0.875 bits per heavy atom. The smallest absolute Gasteiger partial charge is 0.101 e. The lowest BCUT2D eigenvalue weighted by molar-refractivity contribution is 1.30. The summed E-state index contributed by atoms with van der Waals surface area (Å²) in [5, 5.41) is 13.9. The van der Waals surface area contributed by atoms with Crippen molar-refractivity contribution in [1.29, 1.82) is 5.26 Å². The summed E-state index contributed by atoms with van der Waals surface area (Å²) >= 11 is 0. The number of benzene rings is 3. The van der Waals surface area contributed by atoms with Gasteiger partial charge in [-0.2, -0.15) is 10.4 Å². The monoisotopic (exact) mass is 311 g/mol. The first kappa shape index (κ1) is 15.5. The average molecular weight is 311 g/mol. The Morgan fingerprint density at radius 3 is 2.00 bits per heavy atom. The molecule has 0 saturated heterocycles. The molecule has 0 atom stereocenters. The van der Waals surface area contributed by atoms with Crippen molar-refractivity contribution in [2.75, 3.05) is 5.43 Å². The van der Waals surface area contributed by atoms with Crippen LogP contribution in [0, 0.1) is 18.3 Å². The zero-order valence-corrected chi connectivity index (χ0v) is 13.4. The Kier molecular flexibility index (Phi) is 4.69. The molecule has 0 radical (unpaired) electrons. The maximum atomic E-state index is 9.27. The number of hydrogen-bond donors (Lipinski definition) is 1. The fourth-order valence-corrected chi connectivity index (χ4v) is 2.45. The zero-order chi connectivity index (χ0) is 16.8. The molecule has 3 rings (SSSR count). The van der Waals surface area contributed by atoms with Crippen LogP contribution in [0.15, 0.2) is 84.0 Å². The van der Waals surface area contributed by atoms with Crippen LogP contribution in [0.1, 0.15) is 22.3 Å². The van der Waals surface area contributed by atoms with E-state index in [-0.39, 0.29) is 0 Å². The van der Waals surface area contributed by atoms with Crippen LogP contribution in [-0.4, -0.2) is 5.71 Å². The highest BCUT2D eigenvalue weighted by Crippen LogP contribution is 2.18. The number of nitrogens with zero attached hydrogens (tertiary/aromatic N) is 2. The third kappa shape index (κ3) is 3.50. The van der Waals surface area contributed by atoms with Gasteiger partial charge >= 0.3 is 0 Å². The van der Waals surface area contributed by atoms with E-state index < -0.39 is 0 Å². The Balaban J connectivity index is 2.03. The summed E-state index contributed by atoms with van der Waals surface area (Å²) in [6.07, 6.45) is 0. The Bertz CT molecular complexity index is 850. The summed E-state index contributed by atoms with van der Waals surface area (Å²) in [5.41, 5.74) is 8.30. The van der Waals surface area contributed by atoms with E-state index in [9.17, 15) is 5.26 Å². The van der Waals surface area contributed by atoms with Crippen molar-refractivity contribution in [2.24, 2.45) is 5.10 Å². The molecule has 24 heavy (non-hydrogen) atoms. The Hall–Kier alpha value is -3.38. The van der Waals surface area contributed by atoms with E-state index >= 15 is 0 Å². The summed E-state index contributed by atoms with van der Waals surface area (Å²) in [4.78, 5) is 0. The molecule has 0 aliphatic carbocycles. The van der Waals surface area contributed by atoms with E-state index in [2.05, 4.69) is 16.6 Å². The van der Waals surface area contributed by atoms with E-state index in [1.165, 1.54) is 0 Å². The van der Waals surface area contributed by atoms with Crippen molar-refractivity contribution in [3.05, 3.63) is 101 Å². The summed E-state index contributed by atoms with van der Waals surface area (Å²) in [5.74, 6) is 0. The van der Waals surface area contributed by atoms with Gasteiger partial charge in [-0.15, -0.1) is 0 Å². The normalized spacial score (nSPS) is 9.83. The number of hydrazone groups is 1. The lowest BCUT2D eigenvalue weighted by Crippen LogP contribution is -2.07. The SMILES string of the molecule is Cc1ccc(C#N)c(NN=C(c2ccccc2)c2ccccc2)c1. The van der Waals surface area contributed by atoms with Gasteiger partial charge in [-0.05, 0) is 24.6 Å². The Labute approximate surface area is 141 Å². The van der Waals surface area contributed by atoms with Crippen LogP contribution < -0.4 is 5.43 Å². The van der Waals surface area contributed by atoms with E-state index in [4.69, 9.17) is 0 Å². The summed E-state index contributed by atoms with van der Waals surface area (Å²) in [6.45, 7) is 1.99. The van der Waals surface area contributed by atoms with Crippen LogP contribution in [0.2, 0.25) is 0 Å². The molecule has 0 heterocycles. The van der Waals surface area contributed by atoms with Gasteiger partial charge in [-0.1, -0.05) is 66.7 Å². The van der Waals surface area contributed by atoms with Gasteiger partial charge in [0.05, 0.1) is 17.0 Å². The second-order valence-electron chi connectivity index (χ2n) is 5.47. The topological polar surface area (TPSA) is 48.2 Å². The largest absolute Gasteiger partial charge is 0.277 e. The van der Waals surface area contributed by atoms with Gasteiger partial charge in [0.2, 0.25) is 0 Å². The minimum atomic E-state index is 0.574. The maximum absolute atomic E-state index is 9.27. The van der Waals surface area contributed by atoms with Crippen LogP contribution >= 0.6 is 0 Å². The van der Waals surface area contributed by atoms with Crippen molar-refractivity contribution in [3.8, 4) is 6.07 Å². The lowest BCUT2D eigenvalue weighted by atomic mass is 10.0. The van der Waals surface area contributed by atoms with E-state index in [1.807, 2.05) is 79.7 Å². The van der Waals surface area contributed by atoms with Gasteiger partial charge in [-0.3, -0.25) is 5.43 Å². The average Bonchev–Trinajstić information content (AvgIpc) is 2.64. The fraction of sp³-hybridized carbons (Fsp3) is 0.0476. The van der Waals surface area contributed by atoms with E-state index in [1.54, 1.807) is 6.07 Å². The number of rotatable bonds is 4. The van der Waals surface area contributed by atoms with Gasteiger partial charge in [0.25, 0.3) is 0 Å². The van der Waals surface area contributed by atoms with Gasteiger partial charge in [0.15, 0.2) is 0 Å². The molecule has 3 heteroatoms. The molecule has 0 amide bonds. The quantitative estimate of drug-likeness (QED) is 0.559. The number of nitrogens with one attached hydrogen (secondary N) is 1. The molecule has 0 aliphatic heterocycles. The molecule has 0 unspecified atom stereocenters. The molecule has 0 spiro atoms. The predicted molar refractivity (Wildman–Crippen MR) is 98.0 cm³/mol. The highest BCUT2D eigenvalue weighted by atomic mass is 15.3. The lowest BCUT2D eigenvalue weighted by Gasteiger charge is -2.10. The van der Waals surface area contributed by atoms with Crippen LogP contribution in [-0.2, 0) is 0 Å². The second-order valence-corrected chi connectivity index (χ2v) is 5.47. The van der Waals surface area contributed by atoms with Gasteiger partial charge < -0.3 is 0 Å². The molecule has 0 fully saturated rings. The highest BCUT2D eigenvalue weighted by molar-refractivity contribution is 6.13. The summed E-state index contributed by atoms with van der Waals surface area (Å²) < 4.78 is 0. The Morgan fingerprint density at radius 2 is 1.46 bits per heavy atom. The minimum Gasteiger partial charge on any atom is -0.277 e. The third-order valence-corrected chi connectivity index (χ3v) is 3.68. The van der Waals surface area contributed by atoms with Gasteiger partial charge in [0.1, 0.15) is 6.07 Å². The van der Waals surface area contributed by atoms with Crippen molar-refractivity contribution in [2.45, 2.75) is 6.92 Å². The summed E-state index contributed by atoms with van der Waals surface area (Å²) in [7, 11) is 0. The summed E-state index contributed by atoms with van der Waals surface area (Å²) in [6, 6.07) is 27.8. The molecule has 3 aromatic carbocycles. The van der Waals surface area contributed by atoms with Crippen molar-refractivity contribution >= 4 is 11.4 Å². The molecule has 0 saturated carbocycles. The second kappa shape index (κ2) is 7.26. The first-order valence-electron chi connectivity index (χ1n) is 7.73. The molecule has 3 aromatic rings. The first-order chi connectivity index (χ1) is 11.8. The maximum Gasteiger partial charge on any atom is 0.101 e. The van der Waals surface area contributed by atoms with Gasteiger partial charge in [-0.25, -0.2) is 0 Å². The van der Waals surface area contributed by atoms with E-state index in [0.29, 0.717) is 11.3 Å². The highest BCUT2D eigenvalue weighted by Gasteiger charge is 2.07.